The number of alkyl carbamates (subject to hydrolysis) is 1. The Bertz CT molecular complexity index is 502. The number of alkyl halides is 3. The van der Waals surface area contributed by atoms with Gasteiger partial charge in [0.15, 0.2) is 0 Å². The molecule has 1 rings (SSSR count). The van der Waals surface area contributed by atoms with Gasteiger partial charge in [0.1, 0.15) is 11.3 Å². The quantitative estimate of drug-likeness (QED) is 0.927. The zero-order chi connectivity index (χ0) is 16.1. The fraction of sp³-hybridized carbons (Fsp3) is 0.429. The van der Waals surface area contributed by atoms with Crippen molar-refractivity contribution in [1.29, 1.82) is 0 Å². The lowest BCUT2D eigenvalue weighted by Gasteiger charge is -2.19. The smallest absolute Gasteiger partial charge is 0.433 e. The van der Waals surface area contributed by atoms with E-state index in [0.717, 1.165) is 12.3 Å². The van der Waals surface area contributed by atoms with Crippen molar-refractivity contribution in [3.8, 4) is 0 Å². The number of amides is 1. The molecule has 1 amide bonds. The largest absolute Gasteiger partial charge is 0.444 e. The second-order valence-corrected chi connectivity index (χ2v) is 5.26. The van der Waals surface area contributed by atoms with Gasteiger partial charge in [-0.25, -0.2) is 4.79 Å². The molecule has 4 nitrogen and oxygen atoms in total. The SMILES string of the molecule is CC(C)(C)OC(=O)NCC=Cc1ccc(C(F)(F)F)nc1. The number of pyridine rings is 1. The molecule has 1 N–H and O–H groups in total. The highest BCUT2D eigenvalue weighted by Gasteiger charge is 2.31. The van der Waals surface area contributed by atoms with Crippen molar-refractivity contribution >= 4 is 12.2 Å². The highest BCUT2D eigenvalue weighted by atomic mass is 19.4. The number of hydrogen-bond acceptors (Lipinski definition) is 3. The van der Waals surface area contributed by atoms with Crippen molar-refractivity contribution in [2.75, 3.05) is 6.54 Å². The molecule has 0 radical (unpaired) electrons. The third-order valence-corrected chi connectivity index (χ3v) is 2.15. The van der Waals surface area contributed by atoms with Gasteiger partial charge in [-0.1, -0.05) is 18.2 Å². The Balaban J connectivity index is 2.46. The minimum Gasteiger partial charge on any atom is -0.444 e. The summed E-state index contributed by atoms with van der Waals surface area (Å²) in [6, 6.07) is 2.21. The predicted octanol–water partition coefficient (Wildman–Crippen LogP) is 3.64. The van der Waals surface area contributed by atoms with Crippen LogP contribution in [0.3, 0.4) is 0 Å². The first-order chi connectivity index (χ1) is 9.58. The van der Waals surface area contributed by atoms with Crippen LogP contribution in [-0.4, -0.2) is 23.2 Å². The summed E-state index contributed by atoms with van der Waals surface area (Å²) in [5, 5.41) is 2.50. The molecule has 0 aromatic carbocycles. The Hall–Kier alpha value is -2.05. The van der Waals surface area contributed by atoms with Crippen LogP contribution >= 0.6 is 0 Å². The lowest BCUT2D eigenvalue weighted by atomic mass is 10.2. The number of carbonyl (C=O) groups is 1. The molecule has 0 aliphatic rings. The summed E-state index contributed by atoms with van der Waals surface area (Å²) in [5.41, 5.74) is -1.01. The van der Waals surface area contributed by atoms with Crippen LogP contribution in [0, 0.1) is 0 Å². The van der Waals surface area contributed by atoms with Gasteiger partial charge in [0.05, 0.1) is 0 Å². The average Bonchev–Trinajstić information content (AvgIpc) is 2.32. The number of rotatable bonds is 3. The highest BCUT2D eigenvalue weighted by molar-refractivity contribution is 5.68. The second kappa shape index (κ2) is 6.60. The van der Waals surface area contributed by atoms with Gasteiger partial charge in [0.25, 0.3) is 0 Å². The fourth-order valence-electron chi connectivity index (χ4n) is 1.32. The molecule has 0 unspecified atom stereocenters. The lowest BCUT2D eigenvalue weighted by molar-refractivity contribution is -0.141. The van der Waals surface area contributed by atoms with Gasteiger partial charge in [0, 0.05) is 12.7 Å². The summed E-state index contributed by atoms with van der Waals surface area (Å²) in [5.74, 6) is 0. The van der Waals surface area contributed by atoms with E-state index in [2.05, 4.69) is 10.3 Å². The molecule has 1 heterocycles. The normalized spacial score (nSPS) is 12.5. The van der Waals surface area contributed by atoms with Gasteiger partial charge in [0.2, 0.25) is 0 Å². The molecule has 0 aliphatic heterocycles. The van der Waals surface area contributed by atoms with Crippen molar-refractivity contribution in [1.82, 2.24) is 10.3 Å². The minimum absolute atomic E-state index is 0.204. The molecule has 7 heteroatoms. The van der Waals surface area contributed by atoms with Crippen LogP contribution in [0.5, 0.6) is 0 Å². The maximum atomic E-state index is 12.3. The molecule has 0 aliphatic carbocycles. The maximum Gasteiger partial charge on any atom is 0.433 e. The molecule has 0 saturated carbocycles. The molecule has 21 heavy (non-hydrogen) atoms. The Morgan fingerprint density at radius 1 is 1.33 bits per heavy atom. The molecule has 0 bridgehead atoms. The van der Waals surface area contributed by atoms with Gasteiger partial charge in [-0.3, -0.25) is 4.98 Å². The number of nitrogens with zero attached hydrogens (tertiary/aromatic N) is 1. The first-order valence-electron chi connectivity index (χ1n) is 6.24. The Morgan fingerprint density at radius 2 is 2.00 bits per heavy atom. The summed E-state index contributed by atoms with van der Waals surface area (Å²) in [7, 11) is 0. The summed E-state index contributed by atoms with van der Waals surface area (Å²) in [6.45, 7) is 5.44. The van der Waals surface area contributed by atoms with Crippen LogP contribution < -0.4 is 5.32 Å². The van der Waals surface area contributed by atoms with Crippen LogP contribution in [0.4, 0.5) is 18.0 Å². The first kappa shape index (κ1) is 17.0. The second-order valence-electron chi connectivity index (χ2n) is 5.26. The van der Waals surface area contributed by atoms with E-state index in [-0.39, 0.29) is 6.54 Å². The van der Waals surface area contributed by atoms with Gasteiger partial charge in [-0.05, 0) is 32.4 Å². The van der Waals surface area contributed by atoms with E-state index in [1.165, 1.54) is 6.07 Å². The summed E-state index contributed by atoms with van der Waals surface area (Å²) >= 11 is 0. The number of hydrogen-bond donors (Lipinski definition) is 1. The summed E-state index contributed by atoms with van der Waals surface area (Å²) in [6.07, 6.45) is -0.732. The van der Waals surface area contributed by atoms with Crippen LogP contribution in [0.25, 0.3) is 6.08 Å². The number of halogens is 3. The zero-order valence-corrected chi connectivity index (χ0v) is 12.0. The van der Waals surface area contributed by atoms with Crippen molar-refractivity contribution in [3.63, 3.8) is 0 Å². The molecule has 0 atom stereocenters. The predicted molar refractivity (Wildman–Crippen MR) is 72.5 cm³/mol. The van der Waals surface area contributed by atoms with Crippen molar-refractivity contribution < 1.29 is 22.7 Å². The van der Waals surface area contributed by atoms with E-state index >= 15 is 0 Å². The maximum absolute atomic E-state index is 12.3. The summed E-state index contributed by atoms with van der Waals surface area (Å²) in [4.78, 5) is 14.6. The Kier molecular flexibility index (Phi) is 5.34. The first-order valence-corrected chi connectivity index (χ1v) is 6.24. The van der Waals surface area contributed by atoms with E-state index in [0.29, 0.717) is 5.56 Å². The third kappa shape index (κ3) is 6.78. The topological polar surface area (TPSA) is 51.2 Å². The molecule has 0 spiro atoms. The van der Waals surface area contributed by atoms with Crippen LogP contribution in [0.2, 0.25) is 0 Å². The van der Waals surface area contributed by atoms with Crippen LogP contribution in [0.1, 0.15) is 32.0 Å². The highest BCUT2D eigenvalue weighted by Crippen LogP contribution is 2.27. The van der Waals surface area contributed by atoms with Crippen LogP contribution in [0.15, 0.2) is 24.4 Å². The van der Waals surface area contributed by atoms with E-state index in [4.69, 9.17) is 4.74 Å². The molecule has 0 saturated heterocycles. The van der Waals surface area contributed by atoms with E-state index in [1.54, 1.807) is 32.9 Å². The van der Waals surface area contributed by atoms with Crippen LogP contribution in [-0.2, 0) is 10.9 Å². The van der Waals surface area contributed by atoms with Crippen molar-refractivity contribution in [2.24, 2.45) is 0 Å². The fourth-order valence-corrected chi connectivity index (χ4v) is 1.32. The van der Waals surface area contributed by atoms with E-state index in [1.807, 2.05) is 0 Å². The molecule has 1 aromatic heterocycles. The van der Waals surface area contributed by atoms with Gasteiger partial charge in [-0.2, -0.15) is 13.2 Å². The van der Waals surface area contributed by atoms with E-state index in [9.17, 15) is 18.0 Å². The minimum atomic E-state index is -4.44. The van der Waals surface area contributed by atoms with E-state index < -0.39 is 23.6 Å². The van der Waals surface area contributed by atoms with Gasteiger partial charge < -0.3 is 10.1 Å². The Morgan fingerprint density at radius 3 is 2.48 bits per heavy atom. The molecule has 116 valence electrons. The molecule has 1 aromatic rings. The number of ether oxygens (including phenoxy) is 1. The van der Waals surface area contributed by atoms with Crippen molar-refractivity contribution in [2.45, 2.75) is 32.5 Å². The lowest BCUT2D eigenvalue weighted by Crippen LogP contribution is -2.32. The average molecular weight is 302 g/mol. The standard InChI is InChI=1S/C14H17F3N2O2/c1-13(2,3)21-12(20)18-8-4-5-10-6-7-11(19-9-10)14(15,16)17/h4-7,9H,8H2,1-3H3,(H,18,20). The molecule has 0 fully saturated rings. The van der Waals surface area contributed by atoms with Gasteiger partial charge in [-0.15, -0.1) is 0 Å². The number of carbonyl (C=O) groups excluding carboxylic acids is 1. The monoisotopic (exact) mass is 302 g/mol. The van der Waals surface area contributed by atoms with Crippen molar-refractivity contribution in [3.05, 3.63) is 35.7 Å². The summed E-state index contributed by atoms with van der Waals surface area (Å²) < 4.78 is 41.9. The third-order valence-electron chi connectivity index (χ3n) is 2.15. The number of aromatic nitrogens is 1. The number of nitrogens with one attached hydrogen (secondary N) is 1. The molecular weight excluding hydrogens is 285 g/mol. The van der Waals surface area contributed by atoms with Gasteiger partial charge >= 0.3 is 12.3 Å². The molecular formula is C14H17F3N2O2. The zero-order valence-electron chi connectivity index (χ0n) is 12.0. The Labute approximate surface area is 121 Å².